The zero-order valence-electron chi connectivity index (χ0n) is 13.6. The van der Waals surface area contributed by atoms with Crippen LogP contribution in [0.2, 0.25) is 0 Å². The molecule has 0 atom stereocenters. The van der Waals surface area contributed by atoms with Gasteiger partial charge in [0.15, 0.2) is 11.5 Å². The van der Waals surface area contributed by atoms with E-state index in [-0.39, 0.29) is 34.3 Å². The van der Waals surface area contributed by atoms with Crippen molar-refractivity contribution in [3.8, 4) is 11.5 Å². The summed E-state index contributed by atoms with van der Waals surface area (Å²) < 4.78 is 4.85. The number of nitrogens with one attached hydrogen (secondary N) is 2. The Bertz CT molecular complexity index is 862. The summed E-state index contributed by atoms with van der Waals surface area (Å²) in [5.41, 5.74) is 2.56. The van der Waals surface area contributed by atoms with E-state index in [9.17, 15) is 20.0 Å². The molecule has 3 N–H and O–H groups in total. The first-order chi connectivity index (χ1) is 11.9. The van der Waals surface area contributed by atoms with Gasteiger partial charge in [0.05, 0.1) is 29.9 Å². The molecule has 0 radical (unpaired) electrons. The lowest BCUT2D eigenvalue weighted by molar-refractivity contribution is -0.385. The van der Waals surface area contributed by atoms with Crippen molar-refractivity contribution < 1.29 is 14.8 Å². The van der Waals surface area contributed by atoms with Crippen LogP contribution in [0.1, 0.15) is 24.6 Å². The average Bonchev–Trinajstić information content (AvgIpc) is 2.54. The summed E-state index contributed by atoms with van der Waals surface area (Å²) in [5, 5.41) is 24.7. The normalized spacial score (nSPS) is 10.8. The lowest BCUT2D eigenvalue weighted by atomic mass is 10.1. The number of phenols is 1. The molecule has 25 heavy (non-hydrogen) atoms. The lowest BCUT2D eigenvalue weighted by Gasteiger charge is -2.05. The third-order valence-corrected chi connectivity index (χ3v) is 3.20. The predicted octanol–water partition coefficient (Wildman–Crippen LogP) is 1.79. The van der Waals surface area contributed by atoms with Crippen LogP contribution >= 0.6 is 0 Å². The van der Waals surface area contributed by atoms with Crippen LogP contribution in [0.4, 0.5) is 11.6 Å². The number of hydrogen-bond acceptors (Lipinski definition) is 8. The fraction of sp³-hybridized carbons (Fsp3) is 0.267. The van der Waals surface area contributed by atoms with Crippen LogP contribution in [-0.4, -0.2) is 33.3 Å². The Morgan fingerprint density at radius 2 is 2.24 bits per heavy atom. The molecule has 0 aliphatic heterocycles. The number of hydrazone groups is 1. The highest BCUT2D eigenvalue weighted by atomic mass is 16.6. The average molecular weight is 347 g/mol. The number of aromatic amines is 1. The minimum atomic E-state index is -0.620. The number of nitrogens with zero attached hydrogens (tertiary/aromatic N) is 3. The van der Waals surface area contributed by atoms with Gasteiger partial charge in [0.2, 0.25) is 5.95 Å². The number of methoxy groups -OCH3 is 1. The molecule has 0 aliphatic carbocycles. The molecule has 10 heteroatoms. The van der Waals surface area contributed by atoms with E-state index in [2.05, 4.69) is 20.5 Å². The molecular formula is C15H17N5O5. The van der Waals surface area contributed by atoms with E-state index < -0.39 is 4.92 Å². The molecule has 0 unspecified atom stereocenters. The zero-order chi connectivity index (χ0) is 18.4. The Hall–Kier alpha value is -3.43. The molecule has 2 aromatic rings. The van der Waals surface area contributed by atoms with Gasteiger partial charge < -0.3 is 9.84 Å². The highest BCUT2D eigenvalue weighted by Gasteiger charge is 2.17. The van der Waals surface area contributed by atoms with Gasteiger partial charge in [-0.3, -0.25) is 19.9 Å². The fourth-order valence-corrected chi connectivity index (χ4v) is 2.11. The van der Waals surface area contributed by atoms with Crippen molar-refractivity contribution in [1.82, 2.24) is 9.97 Å². The molecule has 132 valence electrons. The summed E-state index contributed by atoms with van der Waals surface area (Å²) in [6.07, 6.45) is 2.61. The minimum absolute atomic E-state index is 0.0185. The third-order valence-electron chi connectivity index (χ3n) is 3.20. The summed E-state index contributed by atoms with van der Waals surface area (Å²) in [6, 6.07) is 3.65. The minimum Gasteiger partial charge on any atom is -0.504 e. The van der Waals surface area contributed by atoms with Crippen LogP contribution < -0.4 is 15.7 Å². The van der Waals surface area contributed by atoms with Crippen molar-refractivity contribution in [2.75, 3.05) is 12.5 Å². The Labute approximate surface area is 142 Å². The molecule has 0 saturated carbocycles. The maximum atomic E-state index is 11.6. The Morgan fingerprint density at radius 1 is 1.48 bits per heavy atom. The maximum absolute atomic E-state index is 11.6. The first-order valence-corrected chi connectivity index (χ1v) is 7.39. The number of benzene rings is 1. The van der Waals surface area contributed by atoms with Crippen molar-refractivity contribution in [3.63, 3.8) is 0 Å². The number of aromatic hydroxyl groups is 1. The van der Waals surface area contributed by atoms with Gasteiger partial charge >= 0.3 is 0 Å². The topological polar surface area (TPSA) is 143 Å². The zero-order valence-corrected chi connectivity index (χ0v) is 13.6. The van der Waals surface area contributed by atoms with Gasteiger partial charge in [0.25, 0.3) is 11.2 Å². The number of hydrogen-bond donors (Lipinski definition) is 3. The van der Waals surface area contributed by atoms with Crippen LogP contribution in [0.15, 0.2) is 28.1 Å². The van der Waals surface area contributed by atoms with Gasteiger partial charge in [-0.25, -0.2) is 10.4 Å². The predicted molar refractivity (Wildman–Crippen MR) is 91.4 cm³/mol. The van der Waals surface area contributed by atoms with Crippen molar-refractivity contribution in [3.05, 3.63) is 49.9 Å². The smallest absolute Gasteiger partial charge is 0.282 e. The van der Waals surface area contributed by atoms with Crippen LogP contribution in [0, 0.1) is 10.1 Å². The van der Waals surface area contributed by atoms with Gasteiger partial charge in [-0.05, 0) is 12.5 Å². The molecule has 1 aromatic heterocycles. The summed E-state index contributed by atoms with van der Waals surface area (Å²) in [5.74, 6) is -0.159. The molecule has 1 heterocycles. The first kappa shape index (κ1) is 17.9. The number of anilines is 1. The van der Waals surface area contributed by atoms with Crippen molar-refractivity contribution in [2.45, 2.75) is 19.8 Å². The van der Waals surface area contributed by atoms with Gasteiger partial charge in [-0.1, -0.05) is 13.3 Å². The fourth-order valence-electron chi connectivity index (χ4n) is 2.11. The number of aryl methyl sites for hydroxylation is 1. The van der Waals surface area contributed by atoms with E-state index >= 15 is 0 Å². The highest BCUT2D eigenvalue weighted by Crippen LogP contribution is 2.32. The van der Waals surface area contributed by atoms with E-state index in [0.717, 1.165) is 24.8 Å². The maximum Gasteiger partial charge on any atom is 0.282 e. The molecule has 0 amide bonds. The molecule has 0 aliphatic rings. The van der Waals surface area contributed by atoms with E-state index in [0.29, 0.717) is 12.1 Å². The molecule has 10 nitrogen and oxygen atoms in total. The van der Waals surface area contributed by atoms with Crippen molar-refractivity contribution >= 4 is 17.9 Å². The second kappa shape index (κ2) is 7.90. The Morgan fingerprint density at radius 3 is 2.88 bits per heavy atom. The molecule has 1 aromatic carbocycles. The highest BCUT2D eigenvalue weighted by molar-refractivity contribution is 5.87. The molecule has 0 fully saturated rings. The molecule has 2 rings (SSSR count). The molecule has 0 bridgehead atoms. The molecular weight excluding hydrogens is 330 g/mol. The number of aromatic nitrogens is 2. The Balaban J connectivity index is 2.26. The van der Waals surface area contributed by atoms with Crippen LogP contribution in [0.5, 0.6) is 11.5 Å². The van der Waals surface area contributed by atoms with Crippen molar-refractivity contribution in [2.24, 2.45) is 5.10 Å². The summed E-state index contributed by atoms with van der Waals surface area (Å²) in [6.45, 7) is 1.96. The number of nitro benzene ring substituents is 1. The quantitative estimate of drug-likeness (QED) is 0.393. The number of H-pyrrole nitrogens is 1. The second-order valence-corrected chi connectivity index (χ2v) is 5.05. The first-order valence-electron chi connectivity index (χ1n) is 7.39. The van der Waals surface area contributed by atoms with Gasteiger partial charge in [0, 0.05) is 11.8 Å². The van der Waals surface area contributed by atoms with Gasteiger partial charge in [0.1, 0.15) is 0 Å². The van der Waals surface area contributed by atoms with E-state index in [1.807, 2.05) is 6.92 Å². The number of ether oxygens (including phenoxy) is 1. The number of nitro groups is 1. The number of phenolic OH excluding ortho intramolecular Hbond substituents is 1. The SMILES string of the molecule is CCCc1cc(=O)[nH]c(N/N=C/c2cc(O)c(OC)cc2[N+](=O)[O-])n1. The summed E-state index contributed by atoms with van der Waals surface area (Å²) >= 11 is 0. The monoisotopic (exact) mass is 347 g/mol. The lowest BCUT2D eigenvalue weighted by Crippen LogP contribution is -2.12. The summed E-state index contributed by atoms with van der Waals surface area (Å²) in [7, 11) is 1.29. The van der Waals surface area contributed by atoms with Gasteiger partial charge in [-0.2, -0.15) is 5.10 Å². The number of rotatable bonds is 7. The van der Waals surface area contributed by atoms with E-state index in [1.165, 1.54) is 13.2 Å². The van der Waals surface area contributed by atoms with Gasteiger partial charge in [-0.15, -0.1) is 0 Å². The van der Waals surface area contributed by atoms with Crippen LogP contribution in [0.25, 0.3) is 0 Å². The standard InChI is InChI=1S/C15H17N5O5/c1-3-4-10-6-14(22)18-15(17-10)19-16-8-9-5-12(21)13(25-2)7-11(9)20(23)24/h5-8,21H,3-4H2,1-2H3,(H2,17,18,19,22)/b16-8+. The Kier molecular flexibility index (Phi) is 5.66. The molecule has 0 saturated heterocycles. The van der Waals surface area contributed by atoms with Crippen LogP contribution in [-0.2, 0) is 6.42 Å². The summed E-state index contributed by atoms with van der Waals surface area (Å²) in [4.78, 5) is 28.7. The van der Waals surface area contributed by atoms with E-state index in [4.69, 9.17) is 4.74 Å². The third kappa shape index (κ3) is 4.53. The van der Waals surface area contributed by atoms with Crippen LogP contribution in [0.3, 0.4) is 0 Å². The largest absolute Gasteiger partial charge is 0.504 e. The van der Waals surface area contributed by atoms with E-state index in [1.54, 1.807) is 0 Å². The van der Waals surface area contributed by atoms with Crippen molar-refractivity contribution in [1.29, 1.82) is 0 Å². The molecule has 0 spiro atoms. The second-order valence-electron chi connectivity index (χ2n) is 5.05.